The van der Waals surface area contributed by atoms with E-state index in [-0.39, 0.29) is 17.4 Å². The van der Waals surface area contributed by atoms with Crippen LogP contribution in [0, 0.1) is 5.92 Å². The van der Waals surface area contributed by atoms with Crippen molar-refractivity contribution in [2.24, 2.45) is 5.92 Å². The molecule has 0 radical (unpaired) electrons. The Balaban J connectivity index is 1.52. The molecule has 1 N–H and O–H groups in total. The van der Waals surface area contributed by atoms with Gasteiger partial charge >= 0.3 is 0 Å². The highest BCUT2D eigenvalue weighted by molar-refractivity contribution is 7.91. The third-order valence-corrected chi connectivity index (χ3v) is 7.12. The Morgan fingerprint density at radius 2 is 2.22 bits per heavy atom. The largest absolute Gasteiger partial charge is 0.497 e. The molecule has 8 heteroatoms. The number of fused-ring (bicyclic) bond motifs is 1. The van der Waals surface area contributed by atoms with Gasteiger partial charge < -0.3 is 14.6 Å². The van der Waals surface area contributed by atoms with Crippen LogP contribution >= 0.6 is 0 Å². The van der Waals surface area contributed by atoms with E-state index in [4.69, 9.17) is 4.74 Å². The Bertz CT molecular complexity index is 967. The maximum Gasteiger partial charge on any atom is 0.227 e. The first-order valence-electron chi connectivity index (χ1n) is 9.16. The number of hydrogen-bond acceptors (Lipinski definition) is 5. The number of amides is 1. The van der Waals surface area contributed by atoms with Crippen molar-refractivity contribution >= 4 is 15.7 Å². The molecule has 0 spiro atoms. The van der Waals surface area contributed by atoms with Gasteiger partial charge in [0.25, 0.3) is 0 Å². The number of carbonyl (C=O) groups excluding carboxylic acids is 1. The van der Waals surface area contributed by atoms with Crippen molar-refractivity contribution in [1.29, 1.82) is 0 Å². The van der Waals surface area contributed by atoms with E-state index in [9.17, 15) is 13.2 Å². The molecule has 2 aliphatic rings. The first kappa shape index (κ1) is 18.0. The lowest BCUT2D eigenvalue weighted by molar-refractivity contribution is -0.136. The first-order valence-corrected chi connectivity index (χ1v) is 11.0. The van der Waals surface area contributed by atoms with E-state index in [1.54, 1.807) is 12.0 Å². The fourth-order valence-corrected chi connectivity index (χ4v) is 5.56. The summed E-state index contributed by atoms with van der Waals surface area (Å²) in [4.78, 5) is 22.6. The molecule has 3 heterocycles. The Morgan fingerprint density at radius 1 is 1.37 bits per heavy atom. The molecule has 1 saturated heterocycles. The van der Waals surface area contributed by atoms with Crippen LogP contribution in [0.2, 0.25) is 0 Å². The lowest BCUT2D eigenvalue weighted by Gasteiger charge is -2.31. The zero-order valence-electron chi connectivity index (χ0n) is 15.3. The lowest BCUT2D eigenvalue weighted by Crippen LogP contribution is -2.43. The summed E-state index contributed by atoms with van der Waals surface area (Å²) in [5, 5.41) is 0. The van der Waals surface area contributed by atoms with Gasteiger partial charge in [0.15, 0.2) is 9.84 Å². The molecule has 1 atom stereocenters. The van der Waals surface area contributed by atoms with Gasteiger partial charge in [-0.3, -0.25) is 4.79 Å². The van der Waals surface area contributed by atoms with Crippen molar-refractivity contribution in [3.8, 4) is 17.1 Å². The van der Waals surface area contributed by atoms with Crippen LogP contribution in [-0.4, -0.2) is 54.4 Å². The molecule has 0 unspecified atom stereocenters. The number of H-pyrrole nitrogens is 1. The second-order valence-electron chi connectivity index (χ2n) is 7.21. The molecule has 0 saturated carbocycles. The molecule has 0 bridgehead atoms. The number of nitrogens with zero attached hydrogens (tertiary/aromatic N) is 2. The Hall–Kier alpha value is -2.35. The molecule has 144 valence electrons. The van der Waals surface area contributed by atoms with Gasteiger partial charge in [0.2, 0.25) is 5.91 Å². The third-order valence-electron chi connectivity index (χ3n) is 5.30. The monoisotopic (exact) mass is 389 g/mol. The quantitative estimate of drug-likeness (QED) is 0.864. The van der Waals surface area contributed by atoms with Gasteiger partial charge in [-0.25, -0.2) is 13.4 Å². The lowest BCUT2D eigenvalue weighted by atomic mass is 10.0. The topological polar surface area (TPSA) is 92.4 Å². The van der Waals surface area contributed by atoms with Gasteiger partial charge in [-0.1, -0.05) is 12.1 Å². The van der Waals surface area contributed by atoms with Gasteiger partial charge in [0.1, 0.15) is 11.6 Å². The number of benzene rings is 1. The predicted octanol–water partition coefficient (Wildman–Crippen LogP) is 1.79. The summed E-state index contributed by atoms with van der Waals surface area (Å²) in [5.41, 5.74) is 2.82. The predicted molar refractivity (Wildman–Crippen MR) is 101 cm³/mol. The maximum atomic E-state index is 12.8. The number of ether oxygens (including phenoxy) is 1. The van der Waals surface area contributed by atoms with Gasteiger partial charge in [0.05, 0.1) is 42.5 Å². The second kappa shape index (κ2) is 6.99. The smallest absolute Gasteiger partial charge is 0.227 e. The molecule has 2 aromatic rings. The average Bonchev–Trinajstić information content (AvgIpc) is 3.10. The van der Waals surface area contributed by atoms with E-state index in [0.717, 1.165) is 28.5 Å². The number of nitrogens with one attached hydrogen (secondary N) is 1. The fraction of sp³-hybridized carbons (Fsp3) is 0.474. The molecule has 1 amide bonds. The van der Waals surface area contributed by atoms with Crippen molar-refractivity contribution in [2.75, 3.05) is 25.2 Å². The average molecular weight is 389 g/mol. The number of rotatable bonds is 3. The van der Waals surface area contributed by atoms with Crippen LogP contribution in [0.3, 0.4) is 0 Å². The number of aromatic amines is 1. The minimum Gasteiger partial charge on any atom is -0.497 e. The minimum absolute atomic E-state index is 0.0206. The number of aromatic nitrogens is 2. The molecule has 4 rings (SSSR count). The Kier molecular flexibility index (Phi) is 4.67. The summed E-state index contributed by atoms with van der Waals surface area (Å²) in [6.07, 6.45) is 1.89. The molecular weight excluding hydrogens is 366 g/mol. The van der Waals surface area contributed by atoms with E-state index in [2.05, 4.69) is 9.97 Å². The highest BCUT2D eigenvalue weighted by Crippen LogP contribution is 2.27. The van der Waals surface area contributed by atoms with E-state index in [1.165, 1.54) is 0 Å². The normalized spacial score (nSPS) is 21.5. The highest BCUT2D eigenvalue weighted by Gasteiger charge is 2.34. The molecule has 1 aromatic heterocycles. The van der Waals surface area contributed by atoms with E-state index < -0.39 is 15.8 Å². The number of imidazole rings is 1. The maximum absolute atomic E-state index is 12.8. The van der Waals surface area contributed by atoms with Crippen molar-refractivity contribution < 1.29 is 17.9 Å². The van der Waals surface area contributed by atoms with E-state index in [0.29, 0.717) is 32.4 Å². The number of carbonyl (C=O) groups is 1. The van der Waals surface area contributed by atoms with E-state index in [1.807, 2.05) is 24.3 Å². The van der Waals surface area contributed by atoms with E-state index >= 15 is 0 Å². The fourth-order valence-electron chi connectivity index (χ4n) is 3.86. The zero-order valence-corrected chi connectivity index (χ0v) is 16.1. The van der Waals surface area contributed by atoms with Crippen LogP contribution in [0.15, 0.2) is 24.3 Å². The van der Waals surface area contributed by atoms with Crippen LogP contribution in [0.4, 0.5) is 0 Å². The van der Waals surface area contributed by atoms with Crippen molar-refractivity contribution in [3.05, 3.63) is 35.7 Å². The van der Waals surface area contributed by atoms with Gasteiger partial charge in [-0.15, -0.1) is 0 Å². The molecule has 2 aliphatic heterocycles. The van der Waals surface area contributed by atoms with Crippen LogP contribution in [0.25, 0.3) is 11.4 Å². The second-order valence-corrected chi connectivity index (χ2v) is 9.43. The molecule has 0 aliphatic carbocycles. The molecular formula is C19H23N3O4S. The number of hydrogen-bond donors (Lipinski definition) is 1. The molecule has 7 nitrogen and oxygen atoms in total. The van der Waals surface area contributed by atoms with Crippen LogP contribution in [-0.2, 0) is 27.6 Å². The van der Waals surface area contributed by atoms with Gasteiger partial charge in [0, 0.05) is 18.5 Å². The number of sulfone groups is 1. The van der Waals surface area contributed by atoms with Crippen molar-refractivity contribution in [1.82, 2.24) is 14.9 Å². The summed E-state index contributed by atoms with van der Waals surface area (Å²) in [6.45, 7) is 1.02. The molecule has 1 fully saturated rings. The summed E-state index contributed by atoms with van der Waals surface area (Å²) >= 11 is 0. The van der Waals surface area contributed by atoms with Crippen molar-refractivity contribution in [2.45, 2.75) is 25.8 Å². The molecule has 27 heavy (non-hydrogen) atoms. The Labute approximate surface area is 158 Å². The zero-order chi connectivity index (χ0) is 19.0. The van der Waals surface area contributed by atoms with Crippen LogP contribution in [0.1, 0.15) is 24.2 Å². The summed E-state index contributed by atoms with van der Waals surface area (Å²) < 4.78 is 29.0. The number of methoxy groups -OCH3 is 1. The standard InChI is InChI=1S/C19H23N3O4S/c1-26-15-6-2-4-13(10-15)18-20-16-7-8-22(11-17(16)21-18)19(23)14-5-3-9-27(24,25)12-14/h2,4,6,10,14H,3,5,7-9,11-12H2,1H3,(H,20,21)/t14-/m1/s1. The third kappa shape index (κ3) is 3.71. The van der Waals surface area contributed by atoms with Crippen molar-refractivity contribution in [3.63, 3.8) is 0 Å². The summed E-state index contributed by atoms with van der Waals surface area (Å²) in [7, 11) is -1.47. The minimum atomic E-state index is -3.09. The Morgan fingerprint density at radius 3 is 3.00 bits per heavy atom. The SMILES string of the molecule is COc1cccc(-c2nc3c([nH]2)CN(C(=O)[C@@H]2CCCS(=O)(=O)C2)CC3)c1. The van der Waals surface area contributed by atoms with Gasteiger partial charge in [-0.2, -0.15) is 0 Å². The highest BCUT2D eigenvalue weighted by atomic mass is 32.2. The van der Waals surface area contributed by atoms with Crippen LogP contribution in [0.5, 0.6) is 5.75 Å². The first-order chi connectivity index (χ1) is 12.9. The van der Waals surface area contributed by atoms with Crippen LogP contribution < -0.4 is 4.74 Å². The molecule has 1 aromatic carbocycles. The summed E-state index contributed by atoms with van der Waals surface area (Å²) in [5.74, 6) is 1.23. The van der Waals surface area contributed by atoms with Gasteiger partial charge in [-0.05, 0) is 25.0 Å². The summed E-state index contributed by atoms with van der Waals surface area (Å²) in [6, 6.07) is 7.67.